The fourth-order valence-electron chi connectivity index (χ4n) is 3.15. The first-order chi connectivity index (χ1) is 15.7. The number of carbonyl (C=O) groups is 2. The smallest absolute Gasteiger partial charge is 0.336 e. The van der Waals surface area contributed by atoms with Gasteiger partial charge in [0.2, 0.25) is 10.0 Å². The summed E-state index contributed by atoms with van der Waals surface area (Å²) in [4.78, 5) is 23.6. The van der Waals surface area contributed by atoms with Gasteiger partial charge in [0.05, 0.1) is 30.3 Å². The van der Waals surface area contributed by atoms with E-state index >= 15 is 0 Å². The van der Waals surface area contributed by atoms with E-state index in [2.05, 4.69) is 10.5 Å². The number of sulfonamides is 1. The van der Waals surface area contributed by atoms with Crippen molar-refractivity contribution in [2.75, 3.05) is 10.6 Å². The Hall–Kier alpha value is -3.98. The monoisotopic (exact) mass is 465 g/mol. The molecule has 170 valence electrons. The van der Waals surface area contributed by atoms with Crippen molar-refractivity contribution in [1.82, 2.24) is 5.43 Å². The number of nitrogens with one attached hydrogen (secondary N) is 1. The molecule has 0 aliphatic heterocycles. The molecule has 0 heterocycles. The van der Waals surface area contributed by atoms with E-state index in [9.17, 15) is 23.1 Å². The lowest BCUT2D eigenvalue weighted by molar-refractivity contribution is 0.0696. The number of aromatic carboxylic acids is 1. The highest BCUT2D eigenvalue weighted by molar-refractivity contribution is 7.92. The van der Waals surface area contributed by atoms with Crippen molar-refractivity contribution in [2.24, 2.45) is 5.10 Å². The van der Waals surface area contributed by atoms with Crippen molar-refractivity contribution in [3.05, 3.63) is 101 Å². The largest absolute Gasteiger partial charge is 0.478 e. The molecule has 3 aromatic rings. The molecule has 0 saturated heterocycles. The minimum Gasteiger partial charge on any atom is -0.478 e. The minimum absolute atomic E-state index is 0.0642. The minimum atomic E-state index is -3.56. The summed E-state index contributed by atoms with van der Waals surface area (Å²) in [6.07, 6.45) is 2.39. The summed E-state index contributed by atoms with van der Waals surface area (Å²) < 4.78 is 26.1. The fourth-order valence-corrected chi connectivity index (χ4v) is 4.03. The number of aryl methyl sites for hydroxylation is 1. The molecule has 0 spiro atoms. The molecular formula is C24H23N3O5S. The van der Waals surface area contributed by atoms with Gasteiger partial charge in [-0.2, -0.15) is 5.10 Å². The molecule has 0 aromatic heterocycles. The maximum absolute atomic E-state index is 12.4. The standard InChI is InChI=1S/C24H23N3O5S/c1-17-7-3-4-9-20(17)16-27(33(2,31)32)21-13-11-18(12-14-21)23(28)26-25-15-19-8-5-6-10-22(19)24(29)30/h3-15H,16H2,1-2H3,(H,26,28)(H,29,30)/b25-15+. The van der Waals surface area contributed by atoms with Crippen LogP contribution in [-0.2, 0) is 16.6 Å². The molecule has 8 nitrogen and oxygen atoms in total. The lowest BCUT2D eigenvalue weighted by atomic mass is 10.1. The van der Waals surface area contributed by atoms with Crippen LogP contribution in [0.15, 0.2) is 77.9 Å². The van der Waals surface area contributed by atoms with Crippen LogP contribution in [0.2, 0.25) is 0 Å². The number of rotatable bonds is 8. The van der Waals surface area contributed by atoms with Gasteiger partial charge in [-0.3, -0.25) is 9.10 Å². The first-order valence-electron chi connectivity index (χ1n) is 9.95. The third kappa shape index (κ3) is 6.05. The van der Waals surface area contributed by atoms with Gasteiger partial charge < -0.3 is 5.11 Å². The molecule has 2 N–H and O–H groups in total. The molecule has 3 rings (SSSR count). The highest BCUT2D eigenvalue weighted by Gasteiger charge is 2.19. The van der Waals surface area contributed by atoms with E-state index < -0.39 is 21.9 Å². The van der Waals surface area contributed by atoms with E-state index in [1.54, 1.807) is 30.3 Å². The molecule has 0 saturated carbocycles. The molecule has 0 atom stereocenters. The van der Waals surface area contributed by atoms with Crippen LogP contribution in [0.4, 0.5) is 5.69 Å². The zero-order valence-corrected chi connectivity index (χ0v) is 18.9. The second-order valence-electron chi connectivity index (χ2n) is 7.33. The molecule has 0 fully saturated rings. The van der Waals surface area contributed by atoms with Gasteiger partial charge in [0.1, 0.15) is 0 Å². The Labute approximate surface area is 192 Å². The number of benzene rings is 3. The SMILES string of the molecule is Cc1ccccc1CN(c1ccc(C(=O)N/N=C/c2ccccc2C(=O)O)cc1)S(C)(=O)=O. The molecule has 33 heavy (non-hydrogen) atoms. The number of carboxylic acids is 1. The Balaban J connectivity index is 1.75. The Morgan fingerprint density at radius 2 is 1.64 bits per heavy atom. The van der Waals surface area contributed by atoms with Crippen LogP contribution in [0.5, 0.6) is 0 Å². The van der Waals surface area contributed by atoms with Crippen molar-refractivity contribution in [3.63, 3.8) is 0 Å². The zero-order chi connectivity index (χ0) is 24.0. The van der Waals surface area contributed by atoms with Gasteiger partial charge in [-0.1, -0.05) is 42.5 Å². The summed E-state index contributed by atoms with van der Waals surface area (Å²) in [5.41, 5.74) is 5.31. The van der Waals surface area contributed by atoms with Gasteiger partial charge >= 0.3 is 5.97 Å². The van der Waals surface area contributed by atoms with Crippen molar-refractivity contribution >= 4 is 33.8 Å². The summed E-state index contributed by atoms with van der Waals surface area (Å²) >= 11 is 0. The first-order valence-corrected chi connectivity index (χ1v) is 11.8. The van der Waals surface area contributed by atoms with E-state index in [0.717, 1.165) is 17.4 Å². The molecule has 0 radical (unpaired) electrons. The molecular weight excluding hydrogens is 442 g/mol. The molecule has 1 amide bonds. The number of anilines is 1. The second kappa shape index (κ2) is 10.1. The molecule has 3 aromatic carbocycles. The number of carbonyl (C=O) groups excluding carboxylic acids is 1. The Kier molecular flexibility index (Phi) is 7.24. The van der Waals surface area contributed by atoms with Crippen LogP contribution in [-0.4, -0.2) is 37.9 Å². The Morgan fingerprint density at radius 3 is 2.27 bits per heavy atom. The van der Waals surface area contributed by atoms with E-state index in [4.69, 9.17) is 0 Å². The summed E-state index contributed by atoms with van der Waals surface area (Å²) in [6.45, 7) is 2.09. The van der Waals surface area contributed by atoms with Gasteiger partial charge in [-0.05, 0) is 48.4 Å². The van der Waals surface area contributed by atoms with Gasteiger partial charge in [0.25, 0.3) is 5.91 Å². The van der Waals surface area contributed by atoms with Gasteiger partial charge in [0.15, 0.2) is 0 Å². The van der Waals surface area contributed by atoms with Gasteiger partial charge in [-0.25, -0.2) is 18.6 Å². The number of amides is 1. The number of carboxylic acid groups (broad SMARTS) is 1. The molecule has 0 aliphatic carbocycles. The van der Waals surface area contributed by atoms with Crippen LogP contribution < -0.4 is 9.73 Å². The average Bonchev–Trinajstić information content (AvgIpc) is 2.78. The van der Waals surface area contributed by atoms with E-state index in [0.29, 0.717) is 11.3 Å². The van der Waals surface area contributed by atoms with Crippen molar-refractivity contribution in [3.8, 4) is 0 Å². The number of hydrogen-bond acceptors (Lipinski definition) is 5. The van der Waals surface area contributed by atoms with Gasteiger partial charge in [0, 0.05) is 11.1 Å². The van der Waals surface area contributed by atoms with E-state index in [-0.39, 0.29) is 17.7 Å². The Morgan fingerprint density at radius 1 is 1.00 bits per heavy atom. The second-order valence-corrected chi connectivity index (χ2v) is 9.24. The number of hydrogen-bond donors (Lipinski definition) is 2. The quantitative estimate of drug-likeness (QED) is 0.391. The lowest BCUT2D eigenvalue weighted by Gasteiger charge is -2.23. The normalized spacial score (nSPS) is 11.3. The third-order valence-corrected chi connectivity index (χ3v) is 6.09. The van der Waals surface area contributed by atoms with Gasteiger partial charge in [-0.15, -0.1) is 0 Å². The average molecular weight is 466 g/mol. The van der Waals surface area contributed by atoms with E-state index in [1.807, 2.05) is 31.2 Å². The lowest BCUT2D eigenvalue weighted by Crippen LogP contribution is -2.29. The van der Waals surface area contributed by atoms with E-state index in [1.165, 1.54) is 28.7 Å². The van der Waals surface area contributed by atoms with Crippen LogP contribution >= 0.6 is 0 Å². The van der Waals surface area contributed by atoms with Crippen LogP contribution in [0.3, 0.4) is 0 Å². The molecule has 0 bridgehead atoms. The van der Waals surface area contributed by atoms with Crippen molar-refractivity contribution in [1.29, 1.82) is 0 Å². The highest BCUT2D eigenvalue weighted by atomic mass is 32.2. The third-order valence-electron chi connectivity index (χ3n) is 4.95. The van der Waals surface area contributed by atoms with Crippen molar-refractivity contribution < 1.29 is 23.1 Å². The zero-order valence-electron chi connectivity index (χ0n) is 18.1. The topological polar surface area (TPSA) is 116 Å². The molecule has 0 unspecified atom stereocenters. The molecule has 9 heteroatoms. The highest BCUT2D eigenvalue weighted by Crippen LogP contribution is 2.22. The maximum Gasteiger partial charge on any atom is 0.336 e. The summed E-state index contributed by atoms with van der Waals surface area (Å²) in [5, 5.41) is 13.0. The number of nitrogens with zero attached hydrogens (tertiary/aromatic N) is 2. The maximum atomic E-state index is 12.4. The first kappa shape index (κ1) is 23.7. The number of hydrazone groups is 1. The summed E-state index contributed by atoms with van der Waals surface area (Å²) in [6, 6.07) is 19.9. The van der Waals surface area contributed by atoms with Crippen LogP contribution in [0, 0.1) is 6.92 Å². The molecule has 0 aliphatic rings. The van der Waals surface area contributed by atoms with Crippen molar-refractivity contribution in [2.45, 2.75) is 13.5 Å². The predicted octanol–water partition coefficient (Wildman–Crippen LogP) is 3.42. The Bertz CT molecular complexity index is 1300. The predicted molar refractivity (Wildman–Crippen MR) is 127 cm³/mol. The van der Waals surface area contributed by atoms with Crippen LogP contribution in [0.25, 0.3) is 0 Å². The summed E-state index contributed by atoms with van der Waals surface area (Å²) in [5.74, 6) is -1.62. The summed E-state index contributed by atoms with van der Waals surface area (Å²) in [7, 11) is -3.56. The fraction of sp³-hybridized carbons (Fsp3) is 0.125. The van der Waals surface area contributed by atoms with Crippen LogP contribution in [0.1, 0.15) is 37.4 Å².